The van der Waals surface area contributed by atoms with Gasteiger partial charge >= 0.3 is 0 Å². The summed E-state index contributed by atoms with van der Waals surface area (Å²) in [5, 5.41) is 0. The Morgan fingerprint density at radius 1 is 0.964 bits per heavy atom. The summed E-state index contributed by atoms with van der Waals surface area (Å²) in [7, 11) is -0.253. The van der Waals surface area contributed by atoms with E-state index in [-0.39, 0.29) is 23.9 Å². The fourth-order valence-corrected chi connectivity index (χ4v) is 4.77. The molecule has 1 aliphatic rings. The van der Waals surface area contributed by atoms with Gasteiger partial charge in [0.15, 0.2) is 0 Å². The number of piperazine rings is 1. The third kappa shape index (κ3) is 4.24. The number of sulfonamides is 1. The molecule has 1 heterocycles. The number of hydrogen-bond donors (Lipinski definition) is 0. The van der Waals surface area contributed by atoms with Crippen LogP contribution >= 0.6 is 0 Å². The van der Waals surface area contributed by atoms with Crippen LogP contribution in [0.1, 0.15) is 11.6 Å². The SMILES string of the molecule is CN(C)C(=O)[C@H](c1ccccc1)N1CCN(S(=O)(=O)c2ccc(F)cc2)CC1. The summed E-state index contributed by atoms with van der Waals surface area (Å²) in [5.74, 6) is -0.516. The van der Waals surface area contributed by atoms with Gasteiger partial charge in [-0.15, -0.1) is 0 Å². The van der Waals surface area contributed by atoms with E-state index < -0.39 is 21.9 Å². The molecule has 1 atom stereocenters. The van der Waals surface area contributed by atoms with E-state index in [9.17, 15) is 17.6 Å². The first-order valence-electron chi connectivity index (χ1n) is 9.06. The predicted molar refractivity (Wildman–Crippen MR) is 105 cm³/mol. The lowest BCUT2D eigenvalue weighted by Crippen LogP contribution is -2.52. The highest BCUT2D eigenvalue weighted by molar-refractivity contribution is 7.89. The number of rotatable bonds is 5. The van der Waals surface area contributed by atoms with E-state index in [0.29, 0.717) is 13.1 Å². The number of carbonyl (C=O) groups excluding carboxylic acids is 1. The molecule has 2 aromatic carbocycles. The van der Waals surface area contributed by atoms with Crippen molar-refractivity contribution < 1.29 is 17.6 Å². The van der Waals surface area contributed by atoms with E-state index in [0.717, 1.165) is 17.7 Å². The topological polar surface area (TPSA) is 60.9 Å². The highest BCUT2D eigenvalue weighted by Crippen LogP contribution is 2.26. The molecule has 1 aliphatic heterocycles. The smallest absolute Gasteiger partial charge is 0.244 e. The lowest BCUT2D eigenvalue weighted by Gasteiger charge is -2.39. The van der Waals surface area contributed by atoms with Gasteiger partial charge < -0.3 is 4.90 Å². The van der Waals surface area contributed by atoms with E-state index in [1.165, 1.54) is 16.4 Å². The monoisotopic (exact) mass is 405 g/mol. The molecule has 0 aliphatic carbocycles. The van der Waals surface area contributed by atoms with Crippen LogP contribution in [-0.4, -0.2) is 68.7 Å². The van der Waals surface area contributed by atoms with Gasteiger partial charge in [0.25, 0.3) is 0 Å². The standard InChI is InChI=1S/C20H24FN3O3S/c1-22(2)20(25)19(16-6-4-3-5-7-16)23-12-14-24(15-13-23)28(26,27)18-10-8-17(21)9-11-18/h3-11,19H,12-15H2,1-2H3/t19-/m0/s1. The average Bonchev–Trinajstić information content (AvgIpc) is 2.69. The number of benzene rings is 2. The molecule has 0 unspecified atom stereocenters. The minimum absolute atomic E-state index is 0.0407. The zero-order valence-corrected chi connectivity index (χ0v) is 16.8. The molecule has 0 radical (unpaired) electrons. The van der Waals surface area contributed by atoms with Gasteiger partial charge in [-0.05, 0) is 29.8 Å². The minimum atomic E-state index is -3.68. The Balaban J connectivity index is 1.77. The Kier molecular flexibility index (Phi) is 6.12. The van der Waals surface area contributed by atoms with Crippen molar-refractivity contribution in [2.75, 3.05) is 40.3 Å². The molecule has 1 fully saturated rings. The highest BCUT2D eigenvalue weighted by atomic mass is 32.2. The van der Waals surface area contributed by atoms with Crippen LogP contribution in [0, 0.1) is 5.82 Å². The van der Waals surface area contributed by atoms with Gasteiger partial charge in [-0.2, -0.15) is 4.31 Å². The summed E-state index contributed by atoms with van der Waals surface area (Å²) in [5.41, 5.74) is 0.885. The van der Waals surface area contributed by atoms with E-state index in [1.54, 1.807) is 19.0 Å². The zero-order valence-electron chi connectivity index (χ0n) is 16.0. The molecule has 0 bridgehead atoms. The van der Waals surface area contributed by atoms with Crippen LogP contribution in [0.5, 0.6) is 0 Å². The van der Waals surface area contributed by atoms with E-state index in [4.69, 9.17) is 0 Å². The number of amides is 1. The fraction of sp³-hybridized carbons (Fsp3) is 0.350. The largest absolute Gasteiger partial charge is 0.347 e. The van der Waals surface area contributed by atoms with Crippen molar-refractivity contribution in [2.45, 2.75) is 10.9 Å². The van der Waals surface area contributed by atoms with Crippen LogP contribution in [0.2, 0.25) is 0 Å². The van der Waals surface area contributed by atoms with Crippen molar-refractivity contribution in [3.63, 3.8) is 0 Å². The average molecular weight is 405 g/mol. The van der Waals surface area contributed by atoms with Gasteiger partial charge in [0.05, 0.1) is 4.90 Å². The van der Waals surface area contributed by atoms with Gasteiger partial charge in [-0.25, -0.2) is 12.8 Å². The van der Waals surface area contributed by atoms with Crippen molar-refractivity contribution in [1.29, 1.82) is 0 Å². The molecule has 0 saturated carbocycles. The van der Waals surface area contributed by atoms with Crippen molar-refractivity contribution in [1.82, 2.24) is 14.1 Å². The van der Waals surface area contributed by atoms with Gasteiger partial charge in [-0.3, -0.25) is 9.69 Å². The first kappa shape index (κ1) is 20.4. The summed E-state index contributed by atoms with van der Waals surface area (Å²) in [6.45, 7) is 1.40. The Morgan fingerprint density at radius 3 is 2.07 bits per heavy atom. The molecular weight excluding hydrogens is 381 g/mol. The lowest BCUT2D eigenvalue weighted by atomic mass is 10.0. The summed E-state index contributed by atoms with van der Waals surface area (Å²) < 4.78 is 40.1. The predicted octanol–water partition coefficient (Wildman–Crippen LogP) is 1.96. The summed E-state index contributed by atoms with van der Waals surface area (Å²) in [4.78, 5) is 16.4. The van der Waals surface area contributed by atoms with Gasteiger partial charge in [0.2, 0.25) is 15.9 Å². The third-order valence-corrected chi connectivity index (χ3v) is 6.79. The highest BCUT2D eigenvalue weighted by Gasteiger charge is 2.34. The number of likely N-dealkylation sites (N-methyl/N-ethyl adjacent to an activating group) is 1. The molecule has 0 aromatic heterocycles. The molecule has 8 heteroatoms. The Hall–Kier alpha value is -2.29. The maximum Gasteiger partial charge on any atom is 0.244 e. The molecule has 1 saturated heterocycles. The van der Waals surface area contributed by atoms with E-state index in [1.807, 2.05) is 35.2 Å². The molecule has 150 valence electrons. The van der Waals surface area contributed by atoms with Crippen LogP contribution in [0.15, 0.2) is 59.5 Å². The van der Waals surface area contributed by atoms with Crippen molar-refractivity contribution in [3.8, 4) is 0 Å². The molecule has 6 nitrogen and oxygen atoms in total. The Bertz CT molecular complexity index is 909. The molecular formula is C20H24FN3O3S. The maximum atomic E-state index is 13.1. The van der Waals surface area contributed by atoms with Gasteiger partial charge in [-0.1, -0.05) is 30.3 Å². The second-order valence-corrected chi connectivity index (χ2v) is 8.88. The Morgan fingerprint density at radius 2 is 1.54 bits per heavy atom. The summed E-state index contributed by atoms with van der Waals surface area (Å²) in [6, 6.07) is 13.9. The van der Waals surface area contributed by atoms with Crippen molar-refractivity contribution in [3.05, 3.63) is 66.0 Å². The van der Waals surface area contributed by atoms with Crippen LogP contribution < -0.4 is 0 Å². The van der Waals surface area contributed by atoms with Crippen molar-refractivity contribution in [2.24, 2.45) is 0 Å². The van der Waals surface area contributed by atoms with E-state index in [2.05, 4.69) is 0 Å². The van der Waals surface area contributed by atoms with Crippen LogP contribution in [0.4, 0.5) is 4.39 Å². The molecule has 0 N–H and O–H groups in total. The fourth-order valence-electron chi connectivity index (χ4n) is 3.35. The molecule has 28 heavy (non-hydrogen) atoms. The number of halogens is 1. The third-order valence-electron chi connectivity index (χ3n) is 4.88. The second-order valence-electron chi connectivity index (χ2n) is 6.94. The number of carbonyl (C=O) groups is 1. The lowest BCUT2D eigenvalue weighted by molar-refractivity contribution is -0.135. The van der Waals surface area contributed by atoms with Crippen LogP contribution in [0.25, 0.3) is 0 Å². The first-order chi connectivity index (χ1) is 13.3. The number of hydrogen-bond acceptors (Lipinski definition) is 4. The minimum Gasteiger partial charge on any atom is -0.347 e. The van der Waals surface area contributed by atoms with Gasteiger partial charge in [0.1, 0.15) is 11.9 Å². The van der Waals surface area contributed by atoms with Crippen LogP contribution in [0.3, 0.4) is 0 Å². The molecule has 1 amide bonds. The molecule has 2 aromatic rings. The second kappa shape index (κ2) is 8.38. The number of nitrogens with zero attached hydrogens (tertiary/aromatic N) is 3. The zero-order chi connectivity index (χ0) is 20.3. The maximum absolute atomic E-state index is 13.1. The normalized spacial score (nSPS) is 17.2. The van der Waals surface area contributed by atoms with Crippen LogP contribution in [-0.2, 0) is 14.8 Å². The molecule has 3 rings (SSSR count). The Labute approximate surface area is 165 Å². The first-order valence-corrected chi connectivity index (χ1v) is 10.5. The van der Waals surface area contributed by atoms with E-state index >= 15 is 0 Å². The van der Waals surface area contributed by atoms with Crippen molar-refractivity contribution >= 4 is 15.9 Å². The van der Waals surface area contributed by atoms with Gasteiger partial charge in [0, 0.05) is 40.3 Å². The quantitative estimate of drug-likeness (QED) is 0.763. The summed E-state index contributed by atoms with van der Waals surface area (Å²) >= 11 is 0. The summed E-state index contributed by atoms with van der Waals surface area (Å²) in [6.07, 6.45) is 0. The molecule has 0 spiro atoms.